The fourth-order valence-corrected chi connectivity index (χ4v) is 4.34. The number of anilines is 1. The molecule has 32 heavy (non-hydrogen) atoms. The summed E-state index contributed by atoms with van der Waals surface area (Å²) in [6.07, 6.45) is -3.43. The topological polar surface area (TPSA) is 84.1 Å². The highest BCUT2D eigenvalue weighted by Crippen LogP contribution is 2.34. The number of β-amino-alcohol motifs (C(OH)–C–C–N with tert-alkyl or cyclic N) is 1. The first-order valence-corrected chi connectivity index (χ1v) is 10.6. The summed E-state index contributed by atoms with van der Waals surface area (Å²) in [7, 11) is 0. The number of aryl methyl sites for hydroxylation is 2. The van der Waals surface area contributed by atoms with Gasteiger partial charge in [-0.3, -0.25) is 9.55 Å². The summed E-state index contributed by atoms with van der Waals surface area (Å²) in [5, 5.41) is 10.6. The predicted molar refractivity (Wildman–Crippen MR) is 115 cm³/mol. The average Bonchev–Trinajstić information content (AvgIpc) is 3.20. The van der Waals surface area contributed by atoms with Gasteiger partial charge in [-0.2, -0.15) is 23.1 Å². The Morgan fingerprint density at radius 2 is 1.94 bits per heavy atom. The van der Waals surface area contributed by atoms with Crippen LogP contribution in [0.5, 0.6) is 0 Å². The second-order valence-electron chi connectivity index (χ2n) is 7.45. The van der Waals surface area contributed by atoms with Crippen LogP contribution in [0.1, 0.15) is 27.0 Å². The zero-order valence-electron chi connectivity index (χ0n) is 17.3. The van der Waals surface area contributed by atoms with Gasteiger partial charge in [-0.15, -0.1) is 11.3 Å². The Morgan fingerprint density at radius 1 is 1.16 bits per heavy atom. The molecule has 1 N–H and O–H groups in total. The lowest BCUT2D eigenvalue weighted by atomic mass is 10.0. The van der Waals surface area contributed by atoms with Crippen molar-refractivity contribution >= 4 is 22.9 Å². The van der Waals surface area contributed by atoms with Crippen molar-refractivity contribution in [2.24, 2.45) is 0 Å². The fraction of sp³-hybridized carbons (Fsp3) is 0.333. The van der Waals surface area contributed by atoms with Gasteiger partial charge in [-0.1, -0.05) is 12.1 Å². The Labute approximate surface area is 185 Å². The Balaban J connectivity index is 1.55. The molecule has 3 aromatic rings. The molecule has 0 fully saturated rings. The van der Waals surface area contributed by atoms with Crippen LogP contribution in [0.15, 0.2) is 41.2 Å². The van der Waals surface area contributed by atoms with Crippen molar-refractivity contribution in [1.82, 2.24) is 19.5 Å². The maximum atomic E-state index is 12.8. The molecule has 0 amide bonds. The summed E-state index contributed by atoms with van der Waals surface area (Å²) in [4.78, 5) is 26.7. The van der Waals surface area contributed by atoms with E-state index in [4.69, 9.17) is 0 Å². The highest BCUT2D eigenvalue weighted by atomic mass is 32.1. The average molecular weight is 463 g/mol. The lowest BCUT2D eigenvalue weighted by Gasteiger charge is -2.30. The van der Waals surface area contributed by atoms with E-state index in [0.717, 1.165) is 11.8 Å². The maximum Gasteiger partial charge on any atom is 0.425 e. The van der Waals surface area contributed by atoms with Gasteiger partial charge in [0.15, 0.2) is 0 Å². The molecule has 7 nitrogen and oxygen atoms in total. The third kappa shape index (κ3) is 4.58. The standard InChI is InChI=1S/C21H20F3N5O2S/c1-12-4-3-5-16(25-12)15-8-9-28(11-17(15)30)19-26-13(2)29(20(31)27-19)10-14-6-7-18(32-14)21(22,23)24/h3-8,17,30H,9-11H2,1-2H3/t17-/m0/s1. The van der Waals surface area contributed by atoms with E-state index in [9.17, 15) is 23.1 Å². The molecule has 1 atom stereocenters. The number of pyridine rings is 1. The van der Waals surface area contributed by atoms with Crippen LogP contribution in [-0.4, -0.2) is 43.8 Å². The number of halogens is 3. The van der Waals surface area contributed by atoms with Crippen LogP contribution in [0.3, 0.4) is 0 Å². The highest BCUT2D eigenvalue weighted by Gasteiger charge is 2.32. The third-order valence-electron chi connectivity index (χ3n) is 5.08. The summed E-state index contributed by atoms with van der Waals surface area (Å²) >= 11 is 0.586. The molecule has 168 valence electrons. The molecule has 0 bridgehead atoms. The number of hydrogen-bond donors (Lipinski definition) is 1. The minimum Gasteiger partial charge on any atom is -0.386 e. The number of alkyl halides is 3. The summed E-state index contributed by atoms with van der Waals surface area (Å²) in [5.74, 6) is 0.490. The smallest absolute Gasteiger partial charge is 0.386 e. The van der Waals surface area contributed by atoms with Crippen molar-refractivity contribution in [3.8, 4) is 0 Å². The van der Waals surface area contributed by atoms with E-state index in [1.807, 2.05) is 31.2 Å². The van der Waals surface area contributed by atoms with Crippen molar-refractivity contribution in [2.45, 2.75) is 32.7 Å². The van der Waals surface area contributed by atoms with E-state index in [1.165, 1.54) is 10.6 Å². The van der Waals surface area contributed by atoms with Crippen LogP contribution < -0.4 is 10.6 Å². The predicted octanol–water partition coefficient (Wildman–Crippen LogP) is 3.04. The lowest BCUT2D eigenvalue weighted by Crippen LogP contribution is -2.40. The van der Waals surface area contributed by atoms with Gasteiger partial charge in [0.1, 0.15) is 10.7 Å². The summed E-state index contributed by atoms with van der Waals surface area (Å²) in [6, 6.07) is 7.91. The molecule has 0 spiro atoms. The van der Waals surface area contributed by atoms with E-state index >= 15 is 0 Å². The number of aliphatic hydroxyl groups excluding tert-OH is 1. The number of hydrogen-bond acceptors (Lipinski definition) is 7. The number of nitrogens with zero attached hydrogens (tertiary/aromatic N) is 5. The van der Waals surface area contributed by atoms with Gasteiger partial charge in [0.05, 0.1) is 24.9 Å². The van der Waals surface area contributed by atoms with Gasteiger partial charge in [0.25, 0.3) is 0 Å². The summed E-state index contributed by atoms with van der Waals surface area (Å²) in [5.41, 5.74) is 1.62. The fourth-order valence-electron chi connectivity index (χ4n) is 3.48. The number of rotatable bonds is 4. The van der Waals surface area contributed by atoms with Gasteiger partial charge >= 0.3 is 11.9 Å². The molecule has 0 aromatic carbocycles. The largest absolute Gasteiger partial charge is 0.425 e. The van der Waals surface area contributed by atoms with Crippen molar-refractivity contribution in [1.29, 1.82) is 0 Å². The van der Waals surface area contributed by atoms with Crippen LogP contribution in [0, 0.1) is 13.8 Å². The molecule has 0 saturated carbocycles. The second-order valence-corrected chi connectivity index (χ2v) is 8.62. The molecule has 3 aromatic heterocycles. The lowest BCUT2D eigenvalue weighted by molar-refractivity contribution is -0.134. The Morgan fingerprint density at radius 3 is 2.56 bits per heavy atom. The van der Waals surface area contributed by atoms with E-state index in [0.29, 0.717) is 39.9 Å². The van der Waals surface area contributed by atoms with E-state index in [1.54, 1.807) is 11.8 Å². The third-order valence-corrected chi connectivity index (χ3v) is 6.20. The molecule has 0 saturated heterocycles. The molecule has 0 radical (unpaired) electrons. The molecule has 4 rings (SSSR count). The first-order valence-electron chi connectivity index (χ1n) is 9.80. The van der Waals surface area contributed by atoms with Crippen molar-refractivity contribution < 1.29 is 18.3 Å². The summed E-state index contributed by atoms with van der Waals surface area (Å²) < 4.78 is 39.7. The minimum absolute atomic E-state index is 0.0442. The minimum atomic E-state index is -4.42. The van der Waals surface area contributed by atoms with E-state index in [2.05, 4.69) is 15.0 Å². The SMILES string of the molecule is Cc1cccc(C2=CCN(c3nc(C)n(Cc4ccc(C(F)(F)F)s4)c(=O)n3)C[C@@H]2O)n1. The zero-order valence-corrected chi connectivity index (χ0v) is 18.1. The van der Waals surface area contributed by atoms with Crippen LogP contribution in [0.2, 0.25) is 0 Å². The number of aliphatic hydroxyl groups is 1. The Kier molecular flexibility index (Phi) is 5.87. The molecule has 11 heteroatoms. The molecule has 1 aliphatic heterocycles. The number of aromatic nitrogens is 4. The Hall–Kier alpha value is -3.05. The maximum absolute atomic E-state index is 12.8. The highest BCUT2D eigenvalue weighted by molar-refractivity contribution is 7.12. The molecule has 1 aliphatic rings. The molecule has 0 aliphatic carbocycles. The van der Waals surface area contributed by atoms with Crippen LogP contribution in [0.4, 0.5) is 19.1 Å². The van der Waals surface area contributed by atoms with Gasteiger partial charge in [-0.25, -0.2) is 4.79 Å². The quantitative estimate of drug-likeness (QED) is 0.640. The molecule has 4 heterocycles. The summed E-state index contributed by atoms with van der Waals surface area (Å²) in [6.45, 7) is 3.99. The number of thiophene rings is 1. The van der Waals surface area contributed by atoms with Crippen LogP contribution in [-0.2, 0) is 12.7 Å². The van der Waals surface area contributed by atoms with Gasteiger partial charge in [0, 0.05) is 22.7 Å². The second kappa shape index (κ2) is 8.47. The molecular formula is C21H20F3N5O2S. The molecule has 0 unspecified atom stereocenters. The van der Waals surface area contributed by atoms with E-state index < -0.39 is 22.8 Å². The van der Waals surface area contributed by atoms with Gasteiger partial charge in [-0.05, 0) is 38.1 Å². The monoisotopic (exact) mass is 463 g/mol. The van der Waals surface area contributed by atoms with Crippen molar-refractivity contribution in [2.75, 3.05) is 18.0 Å². The van der Waals surface area contributed by atoms with Crippen molar-refractivity contribution in [3.63, 3.8) is 0 Å². The zero-order chi connectivity index (χ0) is 23.0. The molecular weight excluding hydrogens is 443 g/mol. The van der Waals surface area contributed by atoms with Crippen molar-refractivity contribution in [3.05, 3.63) is 73.9 Å². The van der Waals surface area contributed by atoms with Gasteiger partial charge < -0.3 is 10.0 Å². The first kappa shape index (κ1) is 22.2. The van der Waals surface area contributed by atoms with E-state index in [-0.39, 0.29) is 19.0 Å². The first-order chi connectivity index (χ1) is 15.1. The van der Waals surface area contributed by atoms with Crippen LogP contribution >= 0.6 is 11.3 Å². The van der Waals surface area contributed by atoms with Crippen LogP contribution in [0.25, 0.3) is 5.57 Å². The Bertz CT molecular complexity index is 1230. The normalized spacial score (nSPS) is 16.9. The van der Waals surface area contributed by atoms with Gasteiger partial charge in [0.2, 0.25) is 5.95 Å².